The molecule has 0 saturated heterocycles. The Hall–Kier alpha value is -2.26. The normalized spacial score (nSPS) is 12.3. The summed E-state index contributed by atoms with van der Waals surface area (Å²) in [7, 11) is 0. The van der Waals surface area contributed by atoms with E-state index in [1.54, 1.807) is 24.4 Å². The van der Waals surface area contributed by atoms with Gasteiger partial charge in [0.1, 0.15) is 5.82 Å². The van der Waals surface area contributed by atoms with Gasteiger partial charge in [0.2, 0.25) is 0 Å². The van der Waals surface area contributed by atoms with Crippen LogP contribution in [0.4, 0.5) is 4.39 Å². The van der Waals surface area contributed by atoms with Crippen molar-refractivity contribution in [1.82, 2.24) is 15.6 Å². The van der Waals surface area contributed by atoms with Crippen molar-refractivity contribution in [2.24, 2.45) is 4.99 Å². The molecule has 0 radical (unpaired) electrons. The van der Waals surface area contributed by atoms with Gasteiger partial charge in [-0.2, -0.15) is 0 Å². The molecule has 0 fully saturated rings. The zero-order chi connectivity index (χ0) is 19.1. The number of hydrogen-bond acceptors (Lipinski definition) is 3. The highest BCUT2D eigenvalue weighted by molar-refractivity contribution is 14.0. The van der Waals surface area contributed by atoms with E-state index in [2.05, 4.69) is 20.6 Å². The number of aliphatic hydroxyl groups excluding tert-OH is 1. The number of nitrogens with one attached hydrogen (secondary N) is 2. The number of pyridine rings is 1. The van der Waals surface area contributed by atoms with E-state index >= 15 is 0 Å². The molecule has 0 bridgehead atoms. The summed E-state index contributed by atoms with van der Waals surface area (Å²) in [5.74, 6) is 0.144. The molecule has 3 aromatic rings. The largest absolute Gasteiger partial charge is 0.386 e. The molecule has 28 heavy (non-hydrogen) atoms. The highest BCUT2D eigenvalue weighted by Gasteiger charge is 2.12. The van der Waals surface area contributed by atoms with Gasteiger partial charge in [0.25, 0.3) is 0 Å². The molecule has 0 aliphatic carbocycles. The van der Waals surface area contributed by atoms with E-state index in [1.165, 1.54) is 6.07 Å². The van der Waals surface area contributed by atoms with Gasteiger partial charge in [0.05, 0.1) is 18.2 Å². The van der Waals surface area contributed by atoms with Crippen LogP contribution in [0.3, 0.4) is 0 Å². The van der Waals surface area contributed by atoms with Crippen LogP contribution < -0.4 is 10.6 Å². The van der Waals surface area contributed by atoms with E-state index in [0.29, 0.717) is 19.0 Å². The Balaban J connectivity index is 0.00000280. The number of aromatic nitrogens is 1. The van der Waals surface area contributed by atoms with Crippen LogP contribution in [-0.2, 0) is 6.54 Å². The lowest BCUT2D eigenvalue weighted by Crippen LogP contribution is -2.39. The first-order valence-electron chi connectivity index (χ1n) is 8.96. The van der Waals surface area contributed by atoms with Crippen molar-refractivity contribution in [3.05, 3.63) is 77.7 Å². The molecular weight excluding hydrogens is 470 g/mol. The van der Waals surface area contributed by atoms with Gasteiger partial charge in [0.15, 0.2) is 5.96 Å². The van der Waals surface area contributed by atoms with Crippen LogP contribution >= 0.6 is 24.0 Å². The minimum absolute atomic E-state index is 0. The topological polar surface area (TPSA) is 69.5 Å². The van der Waals surface area contributed by atoms with Gasteiger partial charge in [-0.05, 0) is 30.7 Å². The number of fused-ring (bicyclic) bond motifs is 1. The fourth-order valence-corrected chi connectivity index (χ4v) is 2.85. The maximum atomic E-state index is 13.8. The highest BCUT2D eigenvalue weighted by atomic mass is 127. The molecule has 1 heterocycles. The lowest BCUT2D eigenvalue weighted by Gasteiger charge is -2.16. The fraction of sp³-hybridized carbons (Fsp3) is 0.238. The third-order valence-electron chi connectivity index (χ3n) is 4.22. The first-order valence-corrected chi connectivity index (χ1v) is 8.96. The summed E-state index contributed by atoms with van der Waals surface area (Å²) in [6.07, 6.45) is 0.812. The van der Waals surface area contributed by atoms with Crippen LogP contribution in [0.2, 0.25) is 0 Å². The average Bonchev–Trinajstić information content (AvgIpc) is 2.70. The fourth-order valence-electron chi connectivity index (χ4n) is 2.85. The monoisotopic (exact) mass is 494 g/mol. The Bertz CT molecular complexity index is 930. The second kappa shape index (κ2) is 10.9. The van der Waals surface area contributed by atoms with Gasteiger partial charge in [-0.15, -0.1) is 24.0 Å². The number of hydrogen-bond donors (Lipinski definition) is 3. The van der Waals surface area contributed by atoms with Crippen molar-refractivity contribution in [3.63, 3.8) is 0 Å². The number of para-hydroxylation sites is 1. The van der Waals surface area contributed by atoms with E-state index in [9.17, 15) is 9.50 Å². The molecule has 3 rings (SSSR count). The molecule has 0 aliphatic heterocycles. The summed E-state index contributed by atoms with van der Waals surface area (Å²) in [6, 6.07) is 16.1. The molecule has 1 unspecified atom stereocenters. The molecule has 0 saturated carbocycles. The number of benzene rings is 2. The van der Waals surface area contributed by atoms with E-state index in [-0.39, 0.29) is 36.1 Å². The Labute approximate surface area is 181 Å². The Kier molecular flexibility index (Phi) is 8.59. The van der Waals surface area contributed by atoms with E-state index in [1.807, 2.05) is 37.3 Å². The van der Waals surface area contributed by atoms with Crippen molar-refractivity contribution in [2.45, 2.75) is 19.6 Å². The summed E-state index contributed by atoms with van der Waals surface area (Å²) in [5.41, 5.74) is 2.26. The SMILES string of the molecule is CCNC(=NCc1ccnc2ccccc12)NCC(O)c1ccccc1F.I. The van der Waals surface area contributed by atoms with Gasteiger partial charge in [-0.3, -0.25) is 4.98 Å². The molecular formula is C21H24FIN4O. The second-order valence-corrected chi connectivity index (χ2v) is 6.10. The number of guanidine groups is 1. The summed E-state index contributed by atoms with van der Waals surface area (Å²) < 4.78 is 13.8. The first kappa shape index (κ1) is 22.0. The van der Waals surface area contributed by atoms with Crippen LogP contribution in [0, 0.1) is 5.82 Å². The Morgan fingerprint density at radius 2 is 1.86 bits per heavy atom. The predicted molar refractivity (Wildman–Crippen MR) is 121 cm³/mol. The van der Waals surface area contributed by atoms with Gasteiger partial charge >= 0.3 is 0 Å². The molecule has 0 spiro atoms. The molecule has 7 heteroatoms. The van der Waals surface area contributed by atoms with E-state index in [0.717, 1.165) is 16.5 Å². The van der Waals surface area contributed by atoms with Crippen molar-refractivity contribution >= 4 is 40.8 Å². The molecule has 1 aromatic heterocycles. The quantitative estimate of drug-likeness (QED) is 0.277. The smallest absolute Gasteiger partial charge is 0.191 e. The minimum atomic E-state index is -0.961. The highest BCUT2D eigenvalue weighted by Crippen LogP contribution is 2.17. The molecule has 1 atom stereocenters. The van der Waals surface area contributed by atoms with Gasteiger partial charge in [0, 0.05) is 30.2 Å². The summed E-state index contributed by atoms with van der Waals surface area (Å²) in [4.78, 5) is 8.94. The average molecular weight is 494 g/mol. The zero-order valence-corrected chi connectivity index (χ0v) is 17.9. The summed E-state index contributed by atoms with van der Waals surface area (Å²) in [5, 5.41) is 17.5. The number of halogens is 2. The Morgan fingerprint density at radius 3 is 2.64 bits per heavy atom. The van der Waals surface area contributed by atoms with Crippen molar-refractivity contribution in [2.75, 3.05) is 13.1 Å². The van der Waals surface area contributed by atoms with Crippen LogP contribution in [-0.4, -0.2) is 29.1 Å². The predicted octanol–water partition coefficient (Wildman–Crippen LogP) is 3.78. The molecule has 0 amide bonds. The molecule has 0 aliphatic rings. The maximum Gasteiger partial charge on any atom is 0.191 e. The Morgan fingerprint density at radius 1 is 1.11 bits per heavy atom. The van der Waals surface area contributed by atoms with Crippen molar-refractivity contribution < 1.29 is 9.50 Å². The number of aliphatic imine (C=N–C) groups is 1. The van der Waals surface area contributed by atoms with Crippen LogP contribution in [0.1, 0.15) is 24.2 Å². The van der Waals surface area contributed by atoms with Crippen molar-refractivity contribution in [3.8, 4) is 0 Å². The lowest BCUT2D eigenvalue weighted by molar-refractivity contribution is 0.176. The molecule has 148 valence electrons. The first-order chi connectivity index (χ1) is 13.2. The van der Waals surface area contributed by atoms with Gasteiger partial charge < -0.3 is 15.7 Å². The van der Waals surface area contributed by atoms with E-state index in [4.69, 9.17) is 0 Å². The summed E-state index contributed by atoms with van der Waals surface area (Å²) >= 11 is 0. The lowest BCUT2D eigenvalue weighted by atomic mass is 10.1. The molecule has 3 N–H and O–H groups in total. The number of aliphatic hydroxyl groups is 1. The van der Waals surface area contributed by atoms with Gasteiger partial charge in [-0.1, -0.05) is 36.4 Å². The zero-order valence-electron chi connectivity index (χ0n) is 15.6. The third-order valence-corrected chi connectivity index (χ3v) is 4.22. The summed E-state index contributed by atoms with van der Waals surface area (Å²) in [6.45, 7) is 3.27. The molecule has 2 aromatic carbocycles. The second-order valence-electron chi connectivity index (χ2n) is 6.10. The molecule has 5 nitrogen and oxygen atoms in total. The number of nitrogens with zero attached hydrogens (tertiary/aromatic N) is 2. The van der Waals surface area contributed by atoms with Crippen LogP contribution in [0.5, 0.6) is 0 Å². The minimum Gasteiger partial charge on any atom is -0.386 e. The van der Waals surface area contributed by atoms with Crippen LogP contribution in [0.15, 0.2) is 65.8 Å². The third kappa shape index (κ3) is 5.62. The number of rotatable bonds is 6. The van der Waals surface area contributed by atoms with Crippen LogP contribution in [0.25, 0.3) is 10.9 Å². The van der Waals surface area contributed by atoms with E-state index < -0.39 is 11.9 Å². The van der Waals surface area contributed by atoms with Crippen molar-refractivity contribution in [1.29, 1.82) is 0 Å². The standard InChI is InChI=1S/C21H23FN4O.HI/c1-2-23-21(26-14-20(27)17-8-3-5-9-18(17)22)25-13-15-11-12-24-19-10-6-4-7-16(15)19;/h3-12,20,27H,2,13-14H2,1H3,(H2,23,25,26);1H. The van der Waals surface area contributed by atoms with Gasteiger partial charge in [-0.25, -0.2) is 9.38 Å². The maximum absolute atomic E-state index is 13.8.